The number of nitrogen functional groups attached to an aromatic ring is 1. The van der Waals surface area contributed by atoms with Crippen molar-refractivity contribution in [2.24, 2.45) is 0 Å². The van der Waals surface area contributed by atoms with Crippen molar-refractivity contribution in [1.82, 2.24) is 4.72 Å². The first-order chi connectivity index (χ1) is 9.81. The van der Waals surface area contributed by atoms with E-state index in [1.165, 1.54) is 18.2 Å². The zero-order valence-corrected chi connectivity index (χ0v) is 12.8. The molecule has 0 fully saturated rings. The average molecular weight is 316 g/mol. The van der Waals surface area contributed by atoms with Crippen LogP contribution >= 0.6 is 0 Å². The number of benzene rings is 1. The first-order valence-corrected chi connectivity index (χ1v) is 7.95. The maximum Gasteiger partial charge on any atom is 0.339 e. The molecule has 1 aromatic rings. The van der Waals surface area contributed by atoms with Crippen LogP contribution in [0.5, 0.6) is 0 Å². The lowest BCUT2D eigenvalue weighted by atomic mass is 10.2. The first kappa shape index (κ1) is 17.4. The van der Waals surface area contributed by atoms with Gasteiger partial charge in [0, 0.05) is 12.2 Å². The van der Waals surface area contributed by atoms with Gasteiger partial charge in [0.05, 0.1) is 23.7 Å². The van der Waals surface area contributed by atoms with Crippen LogP contribution in [0.3, 0.4) is 0 Å². The molecule has 0 amide bonds. The number of nitrogens with one attached hydrogen (secondary N) is 1. The van der Waals surface area contributed by atoms with Gasteiger partial charge >= 0.3 is 5.97 Å². The number of ether oxygens (including phenoxy) is 1. The molecule has 0 aliphatic heterocycles. The molecule has 21 heavy (non-hydrogen) atoms. The summed E-state index contributed by atoms with van der Waals surface area (Å²) in [5, 5.41) is 9.59. The number of nitrogens with two attached hydrogens (primary N) is 1. The molecule has 0 aliphatic carbocycles. The molecule has 1 atom stereocenters. The highest BCUT2D eigenvalue weighted by molar-refractivity contribution is 7.89. The standard InChI is InChI=1S/C13H20N2O5S/c1-3-4-10(16)8-15-21(18,19)12-6-5-9(14)7-11(12)13(17)20-2/h5-7,10,15-16H,3-4,8,14H2,1-2H3. The smallest absolute Gasteiger partial charge is 0.339 e. The number of sulfonamides is 1. The number of esters is 1. The van der Waals surface area contributed by atoms with Crippen LogP contribution < -0.4 is 10.5 Å². The number of carbonyl (C=O) groups excluding carboxylic acids is 1. The summed E-state index contributed by atoms with van der Waals surface area (Å²) in [4.78, 5) is 11.4. The summed E-state index contributed by atoms with van der Waals surface area (Å²) in [7, 11) is -2.79. The molecule has 0 saturated heterocycles. The Morgan fingerprint density at radius 3 is 2.71 bits per heavy atom. The molecule has 7 nitrogen and oxygen atoms in total. The molecule has 0 aliphatic rings. The minimum atomic E-state index is -3.94. The van der Waals surface area contributed by atoms with Gasteiger partial charge in [0.25, 0.3) is 0 Å². The van der Waals surface area contributed by atoms with Gasteiger partial charge in [-0.25, -0.2) is 17.9 Å². The van der Waals surface area contributed by atoms with E-state index in [4.69, 9.17) is 5.73 Å². The van der Waals surface area contributed by atoms with E-state index < -0.39 is 22.1 Å². The second-order valence-corrected chi connectivity index (χ2v) is 6.28. The molecule has 0 bridgehead atoms. The Labute approximate surface area is 124 Å². The quantitative estimate of drug-likeness (QED) is 0.498. The zero-order valence-electron chi connectivity index (χ0n) is 12.0. The number of hydrogen-bond donors (Lipinski definition) is 3. The van der Waals surface area contributed by atoms with Crippen LogP contribution in [-0.2, 0) is 14.8 Å². The number of rotatable bonds is 7. The highest BCUT2D eigenvalue weighted by Gasteiger charge is 2.23. The number of anilines is 1. The summed E-state index contributed by atoms with van der Waals surface area (Å²) in [6.45, 7) is 1.76. The molecule has 0 saturated carbocycles. The van der Waals surface area contributed by atoms with E-state index in [9.17, 15) is 18.3 Å². The van der Waals surface area contributed by atoms with Gasteiger partial charge in [-0.15, -0.1) is 0 Å². The van der Waals surface area contributed by atoms with Crippen molar-refractivity contribution in [1.29, 1.82) is 0 Å². The second kappa shape index (κ2) is 7.39. The Hall–Kier alpha value is -1.64. The van der Waals surface area contributed by atoms with E-state index in [-0.39, 0.29) is 22.7 Å². The summed E-state index contributed by atoms with van der Waals surface area (Å²) in [5.41, 5.74) is 5.67. The van der Waals surface area contributed by atoms with Crippen LogP contribution in [0.15, 0.2) is 23.1 Å². The first-order valence-electron chi connectivity index (χ1n) is 6.47. The molecule has 1 unspecified atom stereocenters. The molecule has 4 N–H and O–H groups in total. The van der Waals surface area contributed by atoms with Crippen molar-refractivity contribution in [3.05, 3.63) is 23.8 Å². The average Bonchev–Trinajstić information content (AvgIpc) is 2.44. The van der Waals surface area contributed by atoms with Gasteiger partial charge in [-0.3, -0.25) is 0 Å². The maximum atomic E-state index is 12.2. The van der Waals surface area contributed by atoms with Crippen LogP contribution in [-0.4, -0.2) is 39.3 Å². The van der Waals surface area contributed by atoms with Gasteiger partial charge in [0.15, 0.2) is 0 Å². The van der Waals surface area contributed by atoms with Crippen molar-refractivity contribution < 1.29 is 23.1 Å². The summed E-state index contributed by atoms with van der Waals surface area (Å²) in [6, 6.07) is 3.85. The van der Waals surface area contributed by atoms with Crippen molar-refractivity contribution >= 4 is 21.7 Å². The lowest BCUT2D eigenvalue weighted by Crippen LogP contribution is -2.33. The van der Waals surface area contributed by atoms with Crippen LogP contribution in [0.2, 0.25) is 0 Å². The highest BCUT2D eigenvalue weighted by atomic mass is 32.2. The predicted molar refractivity (Wildman–Crippen MR) is 78.3 cm³/mol. The highest BCUT2D eigenvalue weighted by Crippen LogP contribution is 2.19. The molecule has 0 spiro atoms. The van der Waals surface area contributed by atoms with E-state index in [0.29, 0.717) is 6.42 Å². The van der Waals surface area contributed by atoms with Crippen molar-refractivity contribution in [3.8, 4) is 0 Å². The van der Waals surface area contributed by atoms with Gasteiger partial charge in [0.1, 0.15) is 0 Å². The molecule has 1 rings (SSSR count). The molecular formula is C13H20N2O5S. The predicted octanol–water partition coefficient (Wildman–Crippen LogP) is 0.495. The Bertz CT molecular complexity index is 601. The molecule has 118 valence electrons. The molecule has 8 heteroatoms. The second-order valence-electron chi connectivity index (χ2n) is 4.54. The fourth-order valence-electron chi connectivity index (χ4n) is 1.77. The number of aliphatic hydroxyl groups is 1. The maximum absolute atomic E-state index is 12.2. The molecular weight excluding hydrogens is 296 g/mol. The Morgan fingerprint density at radius 1 is 1.48 bits per heavy atom. The normalized spacial score (nSPS) is 12.9. The van der Waals surface area contributed by atoms with E-state index in [1.807, 2.05) is 6.92 Å². The topological polar surface area (TPSA) is 119 Å². The van der Waals surface area contributed by atoms with E-state index >= 15 is 0 Å². The van der Waals surface area contributed by atoms with Crippen molar-refractivity contribution in [2.45, 2.75) is 30.8 Å². The third-order valence-electron chi connectivity index (χ3n) is 2.83. The van der Waals surface area contributed by atoms with Gasteiger partial charge in [0.2, 0.25) is 10.0 Å². The van der Waals surface area contributed by atoms with Gasteiger partial charge < -0.3 is 15.6 Å². The van der Waals surface area contributed by atoms with E-state index in [1.54, 1.807) is 0 Å². The molecule has 0 heterocycles. The SMILES string of the molecule is CCCC(O)CNS(=O)(=O)c1ccc(N)cc1C(=O)OC. The van der Waals surface area contributed by atoms with Gasteiger partial charge in [-0.2, -0.15) is 0 Å². The monoisotopic (exact) mass is 316 g/mol. The minimum absolute atomic E-state index is 0.124. The largest absolute Gasteiger partial charge is 0.465 e. The van der Waals surface area contributed by atoms with E-state index in [0.717, 1.165) is 13.5 Å². The van der Waals surface area contributed by atoms with Crippen molar-refractivity contribution in [2.75, 3.05) is 19.4 Å². The minimum Gasteiger partial charge on any atom is -0.465 e. The Morgan fingerprint density at radius 2 is 2.14 bits per heavy atom. The third kappa shape index (κ3) is 4.69. The number of aliphatic hydroxyl groups excluding tert-OH is 1. The lowest BCUT2D eigenvalue weighted by Gasteiger charge is -2.13. The number of methoxy groups -OCH3 is 1. The van der Waals surface area contributed by atoms with Crippen LogP contribution in [0.1, 0.15) is 30.1 Å². The van der Waals surface area contributed by atoms with Gasteiger partial charge in [-0.1, -0.05) is 13.3 Å². The Balaban J connectivity index is 3.05. The molecule has 0 aromatic heterocycles. The number of hydrogen-bond acceptors (Lipinski definition) is 6. The van der Waals surface area contributed by atoms with Gasteiger partial charge in [-0.05, 0) is 24.6 Å². The molecule has 0 radical (unpaired) electrons. The summed E-state index contributed by atoms with van der Waals surface area (Å²) in [6.07, 6.45) is 0.437. The van der Waals surface area contributed by atoms with E-state index in [2.05, 4.69) is 9.46 Å². The summed E-state index contributed by atoms with van der Waals surface area (Å²) >= 11 is 0. The summed E-state index contributed by atoms with van der Waals surface area (Å²) in [5.74, 6) is -0.795. The zero-order chi connectivity index (χ0) is 16.0. The van der Waals surface area contributed by atoms with Crippen LogP contribution in [0, 0.1) is 0 Å². The van der Waals surface area contributed by atoms with Crippen LogP contribution in [0.25, 0.3) is 0 Å². The number of carbonyl (C=O) groups is 1. The fraction of sp³-hybridized carbons (Fsp3) is 0.462. The van der Waals surface area contributed by atoms with Crippen LogP contribution in [0.4, 0.5) is 5.69 Å². The lowest BCUT2D eigenvalue weighted by molar-refractivity contribution is 0.0596. The Kier molecular flexibility index (Phi) is 6.13. The third-order valence-corrected chi connectivity index (χ3v) is 4.31. The van der Waals surface area contributed by atoms with Crippen molar-refractivity contribution in [3.63, 3.8) is 0 Å². The summed E-state index contributed by atoms with van der Waals surface area (Å²) < 4.78 is 31.3. The molecule has 1 aromatic carbocycles. The fourth-order valence-corrected chi connectivity index (χ4v) is 3.02.